The molecule has 0 bridgehead atoms. The van der Waals surface area contributed by atoms with E-state index in [1.807, 2.05) is 0 Å². The number of nitrogens with two attached hydrogens (primary N) is 2. The van der Waals surface area contributed by atoms with Crippen molar-refractivity contribution in [3.8, 4) is 0 Å². The molecule has 0 amide bonds. The van der Waals surface area contributed by atoms with Crippen LogP contribution in [0.15, 0.2) is 0 Å². The van der Waals surface area contributed by atoms with E-state index in [2.05, 4.69) is 24.5 Å². The molecule has 0 spiro atoms. The van der Waals surface area contributed by atoms with Crippen LogP contribution in [0.3, 0.4) is 0 Å². The van der Waals surface area contributed by atoms with Crippen molar-refractivity contribution in [2.75, 3.05) is 39.3 Å². The lowest BCUT2D eigenvalue weighted by Gasteiger charge is -2.01. The highest BCUT2D eigenvalue weighted by Crippen LogP contribution is 1.67. The Morgan fingerprint density at radius 2 is 1.38 bits per heavy atom. The van der Waals surface area contributed by atoms with E-state index in [-0.39, 0.29) is 0 Å². The molecule has 0 rings (SSSR count). The molecule has 0 aliphatic rings. The fourth-order valence-electron chi connectivity index (χ4n) is 0.655. The van der Waals surface area contributed by atoms with E-state index in [0.29, 0.717) is 13.1 Å². The van der Waals surface area contributed by atoms with Gasteiger partial charge in [0.25, 0.3) is 0 Å². The molecule has 0 saturated heterocycles. The van der Waals surface area contributed by atoms with Crippen LogP contribution in [-0.4, -0.2) is 39.3 Å². The highest BCUT2D eigenvalue weighted by atomic mass is 14.9. The first kappa shape index (κ1) is 15.3. The first-order valence-corrected chi connectivity index (χ1v) is 5.14. The van der Waals surface area contributed by atoms with E-state index in [9.17, 15) is 0 Å². The monoisotopic (exact) mass is 190 g/mol. The predicted molar refractivity (Wildman–Crippen MR) is 59.8 cm³/mol. The first-order valence-electron chi connectivity index (χ1n) is 5.14. The molecule has 0 aliphatic heterocycles. The van der Waals surface area contributed by atoms with Crippen LogP contribution >= 0.6 is 0 Å². The largest absolute Gasteiger partial charge is 0.329 e. The lowest BCUT2D eigenvalue weighted by atomic mass is 10.5. The van der Waals surface area contributed by atoms with Crippen LogP contribution in [0.4, 0.5) is 0 Å². The van der Waals surface area contributed by atoms with Crippen LogP contribution < -0.4 is 22.1 Å². The van der Waals surface area contributed by atoms with Crippen molar-refractivity contribution in [2.45, 2.75) is 20.3 Å². The number of nitrogens with one attached hydrogen (secondary N) is 2. The SMILES string of the molecule is CCCNCCNCC.NCCN. The smallest absolute Gasteiger partial charge is 0.00767 e. The highest BCUT2D eigenvalue weighted by Gasteiger charge is 1.81. The van der Waals surface area contributed by atoms with Crippen molar-refractivity contribution in [1.29, 1.82) is 0 Å². The number of hydrogen-bond acceptors (Lipinski definition) is 4. The van der Waals surface area contributed by atoms with Gasteiger partial charge >= 0.3 is 0 Å². The molecule has 0 radical (unpaired) electrons. The Hall–Kier alpha value is -0.160. The number of hydrogen-bond donors (Lipinski definition) is 4. The van der Waals surface area contributed by atoms with Gasteiger partial charge in [0.05, 0.1) is 0 Å². The molecule has 6 N–H and O–H groups in total. The molecule has 13 heavy (non-hydrogen) atoms. The second-order valence-electron chi connectivity index (χ2n) is 2.68. The van der Waals surface area contributed by atoms with E-state index in [1.165, 1.54) is 6.42 Å². The van der Waals surface area contributed by atoms with Crippen LogP contribution in [0.5, 0.6) is 0 Å². The zero-order chi connectivity index (χ0) is 10.4. The molecule has 0 unspecified atom stereocenters. The van der Waals surface area contributed by atoms with Gasteiger partial charge in [-0.2, -0.15) is 0 Å². The summed E-state index contributed by atoms with van der Waals surface area (Å²) >= 11 is 0. The van der Waals surface area contributed by atoms with E-state index in [1.54, 1.807) is 0 Å². The fourth-order valence-corrected chi connectivity index (χ4v) is 0.655. The van der Waals surface area contributed by atoms with Gasteiger partial charge in [0, 0.05) is 26.2 Å². The van der Waals surface area contributed by atoms with E-state index < -0.39 is 0 Å². The molecule has 0 aromatic heterocycles. The Balaban J connectivity index is 0. The topological polar surface area (TPSA) is 76.1 Å². The summed E-state index contributed by atoms with van der Waals surface area (Å²) in [6.07, 6.45) is 1.23. The lowest BCUT2D eigenvalue weighted by molar-refractivity contribution is 0.619. The predicted octanol–water partition coefficient (Wildman–Crippen LogP) is -0.501. The summed E-state index contributed by atoms with van der Waals surface area (Å²) in [5, 5.41) is 6.55. The summed E-state index contributed by atoms with van der Waals surface area (Å²) < 4.78 is 0. The van der Waals surface area contributed by atoms with Crippen molar-refractivity contribution < 1.29 is 0 Å². The van der Waals surface area contributed by atoms with Gasteiger partial charge in [-0.15, -0.1) is 0 Å². The van der Waals surface area contributed by atoms with Crippen LogP contribution in [0.25, 0.3) is 0 Å². The van der Waals surface area contributed by atoms with Crippen molar-refractivity contribution in [1.82, 2.24) is 10.6 Å². The molecular formula is C9H26N4. The average Bonchev–Trinajstić information content (AvgIpc) is 2.18. The third kappa shape index (κ3) is 24.5. The van der Waals surface area contributed by atoms with Gasteiger partial charge in [0.1, 0.15) is 0 Å². The Labute approximate surface area is 82.4 Å². The summed E-state index contributed by atoms with van der Waals surface area (Å²) in [5.41, 5.74) is 9.81. The molecule has 0 fully saturated rings. The molecule has 0 aromatic rings. The van der Waals surface area contributed by atoms with Crippen LogP contribution in [-0.2, 0) is 0 Å². The standard InChI is InChI=1S/C7H18N2.C2H8N2/c1-3-5-9-7-6-8-4-2;3-1-2-4/h8-9H,3-7H2,1-2H3;1-4H2. The molecule has 0 heterocycles. The van der Waals surface area contributed by atoms with Crippen molar-refractivity contribution >= 4 is 0 Å². The molecular weight excluding hydrogens is 164 g/mol. The Kier molecular flexibility index (Phi) is 21.0. The fraction of sp³-hybridized carbons (Fsp3) is 1.00. The van der Waals surface area contributed by atoms with Gasteiger partial charge in [-0.05, 0) is 19.5 Å². The van der Waals surface area contributed by atoms with Crippen molar-refractivity contribution in [3.05, 3.63) is 0 Å². The van der Waals surface area contributed by atoms with Gasteiger partial charge in [-0.1, -0.05) is 13.8 Å². The Morgan fingerprint density at radius 1 is 0.846 bits per heavy atom. The normalized spacial score (nSPS) is 9.23. The molecule has 4 nitrogen and oxygen atoms in total. The first-order chi connectivity index (χ1) is 6.33. The summed E-state index contributed by atoms with van der Waals surface area (Å²) in [5.74, 6) is 0. The number of rotatable bonds is 7. The third-order valence-electron chi connectivity index (χ3n) is 1.32. The second-order valence-corrected chi connectivity index (χ2v) is 2.68. The van der Waals surface area contributed by atoms with Crippen LogP contribution in [0.1, 0.15) is 20.3 Å². The molecule has 0 saturated carbocycles. The van der Waals surface area contributed by atoms with Gasteiger partial charge in [-0.3, -0.25) is 0 Å². The quantitative estimate of drug-likeness (QED) is 0.408. The molecule has 4 heteroatoms. The highest BCUT2D eigenvalue weighted by molar-refractivity contribution is 4.48. The maximum Gasteiger partial charge on any atom is 0.00767 e. The van der Waals surface area contributed by atoms with Gasteiger partial charge in [0.15, 0.2) is 0 Å². The lowest BCUT2D eigenvalue weighted by Crippen LogP contribution is -2.27. The van der Waals surface area contributed by atoms with E-state index in [4.69, 9.17) is 11.5 Å². The Morgan fingerprint density at radius 3 is 1.77 bits per heavy atom. The van der Waals surface area contributed by atoms with Crippen molar-refractivity contribution in [2.24, 2.45) is 11.5 Å². The van der Waals surface area contributed by atoms with E-state index in [0.717, 1.165) is 26.2 Å². The number of likely N-dealkylation sites (N-methyl/N-ethyl adjacent to an activating group) is 1. The minimum atomic E-state index is 0.597. The van der Waals surface area contributed by atoms with Crippen LogP contribution in [0, 0.1) is 0 Å². The minimum Gasteiger partial charge on any atom is -0.329 e. The summed E-state index contributed by atoms with van der Waals surface area (Å²) in [7, 11) is 0. The molecule has 82 valence electrons. The average molecular weight is 190 g/mol. The second kappa shape index (κ2) is 17.8. The van der Waals surface area contributed by atoms with Gasteiger partial charge in [0.2, 0.25) is 0 Å². The Bertz CT molecular complexity index is 60.6. The van der Waals surface area contributed by atoms with Gasteiger partial charge < -0.3 is 22.1 Å². The van der Waals surface area contributed by atoms with Crippen LogP contribution in [0.2, 0.25) is 0 Å². The molecule has 0 aromatic carbocycles. The third-order valence-corrected chi connectivity index (χ3v) is 1.32. The summed E-state index contributed by atoms with van der Waals surface area (Å²) in [4.78, 5) is 0. The van der Waals surface area contributed by atoms with E-state index >= 15 is 0 Å². The minimum absolute atomic E-state index is 0.597. The zero-order valence-corrected chi connectivity index (χ0v) is 9.10. The zero-order valence-electron chi connectivity index (χ0n) is 9.10. The van der Waals surface area contributed by atoms with Gasteiger partial charge in [-0.25, -0.2) is 0 Å². The van der Waals surface area contributed by atoms with Crippen molar-refractivity contribution in [3.63, 3.8) is 0 Å². The maximum atomic E-state index is 4.90. The summed E-state index contributed by atoms with van der Waals surface area (Å²) in [6, 6.07) is 0. The molecule has 0 aliphatic carbocycles. The summed E-state index contributed by atoms with van der Waals surface area (Å²) in [6.45, 7) is 9.91. The maximum absolute atomic E-state index is 4.90. The molecule has 0 atom stereocenters.